The number of aromatic hydroxyl groups is 1. The van der Waals surface area contributed by atoms with E-state index >= 15 is 0 Å². The SMILES string of the molecule is N[C@@H](c1ccc(F)c(Br)c1O)C(F)(F)F. The molecule has 0 heterocycles. The van der Waals surface area contributed by atoms with Crippen LogP contribution in [-0.2, 0) is 0 Å². The van der Waals surface area contributed by atoms with Crippen LogP contribution in [0.25, 0.3) is 0 Å². The quantitative estimate of drug-likeness (QED) is 0.780. The second kappa shape index (κ2) is 3.97. The van der Waals surface area contributed by atoms with Gasteiger partial charge in [-0.05, 0) is 22.0 Å². The maximum atomic E-state index is 12.8. The summed E-state index contributed by atoms with van der Waals surface area (Å²) in [5, 5.41) is 9.25. The zero-order valence-corrected chi connectivity index (χ0v) is 8.73. The van der Waals surface area contributed by atoms with Crippen molar-refractivity contribution in [2.45, 2.75) is 12.2 Å². The van der Waals surface area contributed by atoms with Gasteiger partial charge in [0.15, 0.2) is 0 Å². The second-order valence-electron chi connectivity index (χ2n) is 2.82. The molecule has 0 aliphatic heterocycles. The minimum atomic E-state index is -4.69. The molecule has 3 N–H and O–H groups in total. The fourth-order valence-electron chi connectivity index (χ4n) is 0.982. The Morgan fingerprint density at radius 2 is 1.87 bits per heavy atom. The number of nitrogens with two attached hydrogens (primary N) is 1. The Morgan fingerprint density at radius 1 is 1.33 bits per heavy atom. The van der Waals surface area contributed by atoms with Gasteiger partial charge in [0.25, 0.3) is 0 Å². The summed E-state index contributed by atoms with van der Waals surface area (Å²) in [6, 6.07) is -0.743. The molecular weight excluding hydrogens is 282 g/mol. The average molecular weight is 288 g/mol. The molecule has 2 nitrogen and oxygen atoms in total. The number of phenols is 1. The summed E-state index contributed by atoms with van der Waals surface area (Å²) in [7, 11) is 0. The third-order valence-electron chi connectivity index (χ3n) is 1.79. The number of hydrogen-bond donors (Lipinski definition) is 2. The number of alkyl halides is 3. The van der Waals surface area contributed by atoms with Crippen LogP contribution in [0, 0.1) is 5.82 Å². The third-order valence-corrected chi connectivity index (χ3v) is 2.54. The van der Waals surface area contributed by atoms with E-state index in [0.29, 0.717) is 0 Å². The van der Waals surface area contributed by atoms with E-state index < -0.39 is 33.8 Å². The molecule has 0 unspecified atom stereocenters. The van der Waals surface area contributed by atoms with Crippen LogP contribution in [-0.4, -0.2) is 11.3 Å². The van der Waals surface area contributed by atoms with Crippen molar-refractivity contribution in [1.82, 2.24) is 0 Å². The number of benzene rings is 1. The maximum Gasteiger partial charge on any atom is 0.407 e. The lowest BCUT2D eigenvalue weighted by atomic mass is 10.1. The van der Waals surface area contributed by atoms with E-state index in [1.54, 1.807) is 0 Å². The Kier molecular flexibility index (Phi) is 3.25. The minimum Gasteiger partial charge on any atom is -0.506 e. The summed E-state index contributed by atoms with van der Waals surface area (Å²) in [5.74, 6) is -1.69. The molecule has 84 valence electrons. The van der Waals surface area contributed by atoms with Crippen LogP contribution in [0.5, 0.6) is 5.75 Å². The number of rotatable bonds is 1. The normalized spacial score (nSPS) is 14.0. The summed E-state index contributed by atoms with van der Waals surface area (Å²) in [6.07, 6.45) is -4.69. The van der Waals surface area contributed by atoms with Gasteiger partial charge in [-0.15, -0.1) is 0 Å². The summed E-state index contributed by atoms with van der Waals surface area (Å²) < 4.78 is 49.0. The molecule has 0 aliphatic carbocycles. The van der Waals surface area contributed by atoms with Crippen molar-refractivity contribution < 1.29 is 22.7 Å². The van der Waals surface area contributed by atoms with Gasteiger partial charge < -0.3 is 10.8 Å². The van der Waals surface area contributed by atoms with Gasteiger partial charge in [0.1, 0.15) is 17.6 Å². The highest BCUT2D eigenvalue weighted by Gasteiger charge is 2.39. The van der Waals surface area contributed by atoms with E-state index in [1.165, 1.54) is 0 Å². The zero-order valence-electron chi connectivity index (χ0n) is 7.15. The molecule has 0 fully saturated rings. The lowest BCUT2D eigenvalue weighted by Gasteiger charge is -2.17. The van der Waals surface area contributed by atoms with Crippen LogP contribution < -0.4 is 5.73 Å². The van der Waals surface area contributed by atoms with Crippen LogP contribution in [0.4, 0.5) is 17.6 Å². The number of phenolic OH excluding ortho intramolecular Hbond substituents is 1. The molecule has 0 bridgehead atoms. The van der Waals surface area contributed by atoms with Crippen molar-refractivity contribution >= 4 is 15.9 Å². The molecule has 0 saturated carbocycles. The van der Waals surface area contributed by atoms with Gasteiger partial charge in [0.05, 0.1) is 4.47 Å². The van der Waals surface area contributed by atoms with Crippen molar-refractivity contribution in [1.29, 1.82) is 0 Å². The molecule has 0 spiro atoms. The first-order valence-electron chi connectivity index (χ1n) is 3.74. The highest BCUT2D eigenvalue weighted by Crippen LogP contribution is 2.39. The molecule has 1 rings (SSSR count). The van der Waals surface area contributed by atoms with E-state index in [2.05, 4.69) is 15.9 Å². The van der Waals surface area contributed by atoms with E-state index in [9.17, 15) is 22.7 Å². The summed E-state index contributed by atoms with van der Waals surface area (Å²) in [4.78, 5) is 0. The molecule has 0 saturated heterocycles. The molecule has 15 heavy (non-hydrogen) atoms. The van der Waals surface area contributed by atoms with Crippen LogP contribution in [0.2, 0.25) is 0 Å². The van der Waals surface area contributed by atoms with Crippen molar-refractivity contribution in [3.05, 3.63) is 28.0 Å². The smallest absolute Gasteiger partial charge is 0.407 e. The van der Waals surface area contributed by atoms with Crippen LogP contribution >= 0.6 is 15.9 Å². The maximum absolute atomic E-state index is 12.8. The van der Waals surface area contributed by atoms with Gasteiger partial charge in [-0.3, -0.25) is 0 Å². The summed E-state index contributed by atoms with van der Waals surface area (Å²) in [6.45, 7) is 0. The topological polar surface area (TPSA) is 46.2 Å². The molecule has 1 atom stereocenters. The molecule has 0 radical (unpaired) electrons. The van der Waals surface area contributed by atoms with Crippen molar-refractivity contribution in [2.75, 3.05) is 0 Å². The number of halogens is 5. The van der Waals surface area contributed by atoms with Crippen molar-refractivity contribution in [2.24, 2.45) is 5.73 Å². The van der Waals surface area contributed by atoms with Gasteiger partial charge in [-0.1, -0.05) is 6.07 Å². The average Bonchev–Trinajstić information content (AvgIpc) is 2.12. The highest BCUT2D eigenvalue weighted by molar-refractivity contribution is 9.10. The Hall–Kier alpha value is -0.820. The Labute approximate surface area is 90.8 Å². The lowest BCUT2D eigenvalue weighted by Crippen LogP contribution is -2.28. The van der Waals surface area contributed by atoms with Gasteiger partial charge in [-0.25, -0.2) is 4.39 Å². The van der Waals surface area contributed by atoms with Crippen molar-refractivity contribution in [3.63, 3.8) is 0 Å². The fourth-order valence-corrected chi connectivity index (χ4v) is 1.34. The van der Waals surface area contributed by atoms with Gasteiger partial charge >= 0.3 is 6.18 Å². The molecule has 0 aromatic heterocycles. The number of hydrogen-bond acceptors (Lipinski definition) is 2. The van der Waals surface area contributed by atoms with Crippen LogP contribution in [0.1, 0.15) is 11.6 Å². The molecule has 1 aromatic rings. The van der Waals surface area contributed by atoms with Gasteiger partial charge in [0.2, 0.25) is 0 Å². The van der Waals surface area contributed by atoms with Crippen LogP contribution in [0.3, 0.4) is 0 Å². The highest BCUT2D eigenvalue weighted by atomic mass is 79.9. The molecule has 7 heteroatoms. The van der Waals surface area contributed by atoms with E-state index in [0.717, 1.165) is 12.1 Å². The summed E-state index contributed by atoms with van der Waals surface area (Å²) in [5.41, 5.74) is 4.29. The monoisotopic (exact) mass is 287 g/mol. The Bertz CT molecular complexity index is 380. The van der Waals surface area contributed by atoms with Crippen LogP contribution in [0.15, 0.2) is 16.6 Å². The van der Waals surface area contributed by atoms with E-state index in [-0.39, 0.29) is 0 Å². The first-order chi connectivity index (χ1) is 6.75. The molecule has 0 aliphatic rings. The zero-order chi connectivity index (χ0) is 11.8. The van der Waals surface area contributed by atoms with Gasteiger partial charge in [-0.2, -0.15) is 13.2 Å². The second-order valence-corrected chi connectivity index (χ2v) is 3.61. The standard InChI is InChI=1S/C8H6BrF4NO/c9-5-4(10)2-1-3(6(5)15)7(14)8(11,12)13/h1-2,7,15H,14H2/t7-/m0/s1. The molecule has 1 aromatic carbocycles. The minimum absolute atomic E-state index is 0.431. The third kappa shape index (κ3) is 2.40. The predicted molar refractivity (Wildman–Crippen MR) is 48.7 cm³/mol. The predicted octanol–water partition coefficient (Wildman–Crippen LogP) is 2.86. The largest absolute Gasteiger partial charge is 0.506 e. The van der Waals surface area contributed by atoms with Gasteiger partial charge in [0, 0.05) is 5.56 Å². The Balaban J connectivity index is 3.23. The fraction of sp³-hybridized carbons (Fsp3) is 0.250. The van der Waals surface area contributed by atoms with Crippen molar-refractivity contribution in [3.8, 4) is 5.75 Å². The van der Waals surface area contributed by atoms with E-state index in [1.807, 2.05) is 0 Å². The first-order valence-corrected chi connectivity index (χ1v) is 4.53. The Morgan fingerprint density at radius 3 is 2.33 bits per heavy atom. The summed E-state index contributed by atoms with van der Waals surface area (Å²) >= 11 is 2.62. The molecular formula is C8H6BrF4NO. The lowest BCUT2D eigenvalue weighted by molar-refractivity contribution is -0.149. The first kappa shape index (κ1) is 12.3. The molecule has 0 amide bonds. The van der Waals surface area contributed by atoms with E-state index in [4.69, 9.17) is 5.73 Å².